The van der Waals surface area contributed by atoms with E-state index in [1.165, 1.54) is 16.7 Å². The lowest BCUT2D eigenvalue weighted by atomic mass is 10.2. The average Bonchev–Trinajstić information content (AvgIpc) is 3.05. The van der Waals surface area contributed by atoms with Crippen molar-refractivity contribution in [3.8, 4) is 23.0 Å². The Balaban J connectivity index is 1.60. The van der Waals surface area contributed by atoms with Crippen molar-refractivity contribution in [2.75, 3.05) is 34.0 Å². The van der Waals surface area contributed by atoms with Crippen molar-refractivity contribution in [2.45, 2.75) is 0 Å². The van der Waals surface area contributed by atoms with Crippen molar-refractivity contribution >= 4 is 40.3 Å². The molecule has 2 aromatic carbocycles. The second kappa shape index (κ2) is 10.9. The van der Waals surface area contributed by atoms with Gasteiger partial charge < -0.3 is 18.9 Å². The summed E-state index contributed by atoms with van der Waals surface area (Å²) in [7, 11) is 3.19. The minimum Gasteiger partial charge on any atom is -0.497 e. The van der Waals surface area contributed by atoms with Gasteiger partial charge in [-0.3, -0.25) is 9.69 Å². The zero-order chi connectivity index (χ0) is 22.2. The quantitative estimate of drug-likeness (QED) is 0.225. The molecule has 1 aliphatic heterocycles. The number of hydrogen-bond donors (Lipinski definition) is 0. The summed E-state index contributed by atoms with van der Waals surface area (Å²) in [5.41, 5.74) is 0.817. The number of ether oxygens (including phenoxy) is 4. The van der Waals surface area contributed by atoms with Crippen LogP contribution in [0, 0.1) is 0 Å². The summed E-state index contributed by atoms with van der Waals surface area (Å²) >= 11 is 6.55. The fourth-order valence-corrected chi connectivity index (χ4v) is 4.09. The van der Waals surface area contributed by atoms with Crippen molar-refractivity contribution in [1.82, 2.24) is 4.90 Å². The van der Waals surface area contributed by atoms with Gasteiger partial charge in [0.25, 0.3) is 5.91 Å². The third-order valence-corrected chi connectivity index (χ3v) is 5.72. The molecule has 1 heterocycles. The van der Waals surface area contributed by atoms with Crippen LogP contribution in [-0.2, 0) is 4.79 Å². The van der Waals surface area contributed by atoms with Crippen LogP contribution in [0.3, 0.4) is 0 Å². The molecule has 31 heavy (non-hydrogen) atoms. The van der Waals surface area contributed by atoms with E-state index in [1.54, 1.807) is 26.4 Å². The first-order valence-corrected chi connectivity index (χ1v) is 10.7. The smallest absolute Gasteiger partial charge is 0.266 e. The Labute approximate surface area is 191 Å². The van der Waals surface area contributed by atoms with Gasteiger partial charge in [-0.25, -0.2) is 0 Å². The largest absolute Gasteiger partial charge is 0.497 e. The Morgan fingerprint density at radius 2 is 1.71 bits per heavy atom. The van der Waals surface area contributed by atoms with Crippen LogP contribution in [0.4, 0.5) is 0 Å². The van der Waals surface area contributed by atoms with Crippen molar-refractivity contribution in [1.29, 1.82) is 0 Å². The summed E-state index contributed by atoms with van der Waals surface area (Å²) in [5, 5.41) is 0. The third kappa shape index (κ3) is 5.80. The monoisotopic (exact) mass is 457 g/mol. The number of carbonyl (C=O) groups excluding carboxylic acids is 1. The molecule has 0 aliphatic carbocycles. The lowest BCUT2D eigenvalue weighted by Crippen LogP contribution is -2.27. The maximum absolute atomic E-state index is 12.5. The molecule has 0 unspecified atom stereocenters. The minimum atomic E-state index is -0.120. The summed E-state index contributed by atoms with van der Waals surface area (Å²) < 4.78 is 22.6. The average molecular weight is 458 g/mol. The van der Waals surface area contributed by atoms with Gasteiger partial charge in [-0.15, -0.1) is 6.58 Å². The number of thioether (sulfide) groups is 1. The highest BCUT2D eigenvalue weighted by atomic mass is 32.2. The number of thiocarbonyl (C=S) groups is 1. The van der Waals surface area contributed by atoms with Crippen molar-refractivity contribution in [3.05, 3.63) is 65.6 Å². The number of rotatable bonds is 10. The lowest BCUT2D eigenvalue weighted by molar-refractivity contribution is -0.121. The third-order valence-electron chi connectivity index (χ3n) is 4.34. The topological polar surface area (TPSA) is 57.2 Å². The molecular weight excluding hydrogens is 434 g/mol. The molecule has 0 aromatic heterocycles. The van der Waals surface area contributed by atoms with Crippen LogP contribution in [-0.4, -0.2) is 49.1 Å². The molecule has 0 N–H and O–H groups in total. The molecule has 8 heteroatoms. The number of amides is 1. The van der Waals surface area contributed by atoms with Crippen LogP contribution in [0.25, 0.3) is 6.08 Å². The van der Waals surface area contributed by atoms with E-state index in [-0.39, 0.29) is 5.91 Å². The van der Waals surface area contributed by atoms with Gasteiger partial charge in [-0.2, -0.15) is 0 Å². The van der Waals surface area contributed by atoms with Crippen molar-refractivity contribution in [3.63, 3.8) is 0 Å². The fourth-order valence-electron chi connectivity index (χ4n) is 2.81. The first-order chi connectivity index (χ1) is 15.0. The molecule has 162 valence electrons. The predicted octanol–water partition coefficient (Wildman–Crippen LogP) is 4.55. The normalized spacial score (nSPS) is 14.6. The Morgan fingerprint density at radius 1 is 1.00 bits per heavy atom. The molecular formula is C23H23NO5S2. The number of carbonyl (C=O) groups is 1. The molecule has 6 nitrogen and oxygen atoms in total. The molecule has 0 atom stereocenters. The van der Waals surface area contributed by atoms with Crippen LogP contribution < -0.4 is 18.9 Å². The number of nitrogens with zero attached hydrogens (tertiary/aromatic N) is 1. The first-order valence-electron chi connectivity index (χ1n) is 9.49. The van der Waals surface area contributed by atoms with Crippen LogP contribution in [0.2, 0.25) is 0 Å². The van der Waals surface area contributed by atoms with Crippen LogP contribution in [0.15, 0.2) is 60.0 Å². The van der Waals surface area contributed by atoms with Crippen molar-refractivity contribution < 1.29 is 23.7 Å². The maximum Gasteiger partial charge on any atom is 0.266 e. The van der Waals surface area contributed by atoms with E-state index in [1.807, 2.05) is 42.5 Å². The van der Waals surface area contributed by atoms with Gasteiger partial charge in [0.15, 0.2) is 11.5 Å². The number of hydrogen-bond acceptors (Lipinski definition) is 7. The summed E-state index contributed by atoms with van der Waals surface area (Å²) in [6, 6.07) is 12.8. The number of methoxy groups -OCH3 is 2. The van der Waals surface area contributed by atoms with Crippen molar-refractivity contribution in [2.24, 2.45) is 0 Å². The summed E-state index contributed by atoms with van der Waals surface area (Å²) in [4.78, 5) is 14.6. The van der Waals surface area contributed by atoms with E-state index >= 15 is 0 Å². The molecule has 1 fully saturated rings. The number of benzene rings is 2. The molecule has 3 rings (SSSR count). The standard InChI is InChI=1S/C23H23NO5S2/c1-4-11-24-22(25)21(31-23(24)30)15-16-5-10-19(20(14-16)27-3)29-13-12-28-18-8-6-17(26-2)7-9-18/h4-10,14-15H,1,11-13H2,2-3H3/b21-15-. The zero-order valence-electron chi connectivity index (χ0n) is 17.3. The summed E-state index contributed by atoms with van der Waals surface area (Å²) in [5.74, 6) is 2.55. The molecule has 2 aromatic rings. The molecule has 0 radical (unpaired) electrons. The Bertz CT molecular complexity index is 988. The zero-order valence-corrected chi connectivity index (χ0v) is 19.0. The van der Waals surface area contributed by atoms with E-state index in [0.29, 0.717) is 40.5 Å². The molecule has 0 saturated carbocycles. The summed E-state index contributed by atoms with van der Waals surface area (Å²) in [6.45, 7) is 4.79. The Morgan fingerprint density at radius 3 is 2.39 bits per heavy atom. The minimum absolute atomic E-state index is 0.120. The van der Waals surface area contributed by atoms with E-state index in [4.69, 9.17) is 31.2 Å². The van der Waals surface area contributed by atoms with Gasteiger partial charge in [0.2, 0.25) is 0 Å². The Kier molecular flexibility index (Phi) is 7.97. The molecule has 1 saturated heterocycles. The van der Waals surface area contributed by atoms with Gasteiger partial charge in [0.05, 0.1) is 19.1 Å². The summed E-state index contributed by atoms with van der Waals surface area (Å²) in [6.07, 6.45) is 3.45. The highest BCUT2D eigenvalue weighted by Gasteiger charge is 2.30. The first kappa shape index (κ1) is 22.7. The van der Waals surface area contributed by atoms with Gasteiger partial charge in [0, 0.05) is 6.54 Å². The highest BCUT2D eigenvalue weighted by Crippen LogP contribution is 2.34. The lowest BCUT2D eigenvalue weighted by Gasteiger charge is -2.12. The fraction of sp³-hybridized carbons (Fsp3) is 0.217. The predicted molar refractivity (Wildman–Crippen MR) is 127 cm³/mol. The maximum atomic E-state index is 12.5. The van der Waals surface area contributed by atoms with E-state index in [9.17, 15) is 4.79 Å². The SMILES string of the molecule is C=CCN1C(=O)/C(=C/c2ccc(OCCOc3ccc(OC)cc3)c(OC)c2)SC1=S. The van der Waals surface area contributed by atoms with E-state index in [0.717, 1.165) is 17.1 Å². The van der Waals surface area contributed by atoms with Gasteiger partial charge in [-0.05, 0) is 48.0 Å². The van der Waals surface area contributed by atoms with Gasteiger partial charge in [-0.1, -0.05) is 36.1 Å². The Hall–Kier alpha value is -2.97. The van der Waals surface area contributed by atoms with Gasteiger partial charge >= 0.3 is 0 Å². The molecule has 1 aliphatic rings. The van der Waals surface area contributed by atoms with E-state index in [2.05, 4.69) is 6.58 Å². The second-order valence-corrected chi connectivity index (χ2v) is 8.04. The van der Waals surface area contributed by atoms with Crippen LogP contribution in [0.1, 0.15) is 5.56 Å². The van der Waals surface area contributed by atoms with Crippen LogP contribution in [0.5, 0.6) is 23.0 Å². The van der Waals surface area contributed by atoms with Crippen LogP contribution >= 0.6 is 24.0 Å². The second-order valence-electron chi connectivity index (χ2n) is 6.36. The molecule has 0 spiro atoms. The van der Waals surface area contributed by atoms with E-state index < -0.39 is 0 Å². The molecule has 0 bridgehead atoms. The highest BCUT2D eigenvalue weighted by molar-refractivity contribution is 8.26. The molecule has 1 amide bonds. The van der Waals surface area contributed by atoms with Gasteiger partial charge in [0.1, 0.15) is 29.0 Å².